The number of hydrogen-bond donors (Lipinski definition) is 4. The van der Waals surface area contributed by atoms with Crippen LogP contribution in [0.3, 0.4) is 0 Å². The second-order valence-corrected chi connectivity index (χ2v) is 7.73. The van der Waals surface area contributed by atoms with Gasteiger partial charge in [-0.2, -0.15) is 16.8 Å². The van der Waals surface area contributed by atoms with Crippen molar-refractivity contribution in [1.29, 1.82) is 0 Å². The van der Waals surface area contributed by atoms with E-state index in [9.17, 15) is 36.6 Å². The maximum absolute atomic E-state index is 10.6. The van der Waals surface area contributed by atoms with Gasteiger partial charge in [-0.05, 0) is 36.4 Å². The van der Waals surface area contributed by atoms with Gasteiger partial charge in [0, 0.05) is 11.1 Å². The summed E-state index contributed by atoms with van der Waals surface area (Å²) < 4.78 is 59.4. The summed E-state index contributed by atoms with van der Waals surface area (Å²) in [5, 5.41) is 38.7. The summed E-state index contributed by atoms with van der Waals surface area (Å²) in [7, 11) is -8.96. The van der Waals surface area contributed by atoms with Crippen molar-refractivity contribution in [3.05, 3.63) is 47.5 Å². The summed E-state index contributed by atoms with van der Waals surface area (Å²) in [5.41, 5.74) is -1.39. The van der Waals surface area contributed by atoms with Gasteiger partial charge in [0.1, 0.15) is 11.5 Å². The minimum Gasteiger partial charge on any atom is -0.545 e. The van der Waals surface area contributed by atoms with Gasteiger partial charge in [-0.3, -0.25) is 9.11 Å². The summed E-state index contributed by atoms with van der Waals surface area (Å²) in [4.78, 5) is 19.5. The third-order valence-corrected chi connectivity index (χ3v) is 4.67. The van der Waals surface area contributed by atoms with Gasteiger partial charge in [0.2, 0.25) is 0 Å². The molecule has 2 aromatic rings. The predicted octanol–water partition coefficient (Wildman–Crippen LogP) is -7.99. The summed E-state index contributed by atoms with van der Waals surface area (Å²) in [6, 6.07) is 4.65. The van der Waals surface area contributed by atoms with Crippen molar-refractivity contribution in [2.24, 2.45) is 0 Å². The number of phenols is 2. The number of aromatic hydroxyl groups is 2. The molecule has 0 spiro atoms. The molecule has 2 aromatic carbocycles. The van der Waals surface area contributed by atoms with E-state index in [0.717, 1.165) is 24.3 Å². The largest absolute Gasteiger partial charge is 1.00 e. The first-order chi connectivity index (χ1) is 12.6. The zero-order valence-corrected chi connectivity index (χ0v) is 22.1. The van der Waals surface area contributed by atoms with Crippen LogP contribution < -0.4 is 91.2 Å². The first kappa shape index (κ1) is 31.6. The number of carbonyl (C=O) groups is 2. The van der Waals surface area contributed by atoms with E-state index in [0.29, 0.717) is 12.1 Å². The topological polar surface area (TPSA) is 229 Å². The number of benzene rings is 2. The van der Waals surface area contributed by atoms with Crippen LogP contribution in [0.15, 0.2) is 46.2 Å². The number of rotatable bonds is 4. The molecule has 0 aliphatic carbocycles. The normalized spacial score (nSPS) is 10.5. The molecule has 0 atom stereocenters. The van der Waals surface area contributed by atoms with Crippen LogP contribution in [0.1, 0.15) is 20.7 Å². The maximum atomic E-state index is 10.6. The maximum Gasteiger partial charge on any atom is 1.00 e. The fraction of sp³-hybridized carbons (Fsp3) is 0. The van der Waals surface area contributed by atoms with Crippen molar-refractivity contribution >= 4 is 32.2 Å². The van der Waals surface area contributed by atoms with Crippen molar-refractivity contribution < 1.29 is 137 Å². The molecule has 0 aliphatic heterocycles. The standard InChI is InChI=1S/2C7H6O6S.K.Na/c2*8-6-2-1-4(14(11,12)13)3-5(6)7(9)10;;/h2*1-3,8H,(H,9,10)(H,11,12,13);;/q;;2*+1/p-2. The van der Waals surface area contributed by atoms with E-state index in [-0.39, 0.29) is 80.9 Å². The van der Waals surface area contributed by atoms with Crippen molar-refractivity contribution in [3.63, 3.8) is 0 Å². The van der Waals surface area contributed by atoms with E-state index < -0.39 is 64.6 Å². The molecule has 0 saturated heterocycles. The van der Waals surface area contributed by atoms with Crippen LogP contribution >= 0.6 is 0 Å². The molecular weight excluding hydrogens is 486 g/mol. The van der Waals surface area contributed by atoms with Crippen molar-refractivity contribution in [2.45, 2.75) is 9.79 Å². The zero-order chi connectivity index (χ0) is 21.9. The number of aromatic carboxylic acids is 2. The minimum atomic E-state index is -4.48. The Morgan fingerprint density at radius 2 is 0.967 bits per heavy atom. The van der Waals surface area contributed by atoms with Crippen molar-refractivity contribution in [3.8, 4) is 11.5 Å². The first-order valence-corrected chi connectivity index (χ1v) is 9.56. The van der Waals surface area contributed by atoms with E-state index in [1.807, 2.05) is 0 Å². The summed E-state index contributed by atoms with van der Waals surface area (Å²) in [6.07, 6.45) is 0. The fourth-order valence-electron chi connectivity index (χ4n) is 1.68. The van der Waals surface area contributed by atoms with E-state index in [2.05, 4.69) is 0 Å². The monoisotopic (exact) mass is 496 g/mol. The molecular formula is C14H10KNaO12S2. The Bertz CT molecular complexity index is 1050. The number of hydrogen-bond acceptors (Lipinski definition) is 10. The van der Waals surface area contributed by atoms with E-state index in [4.69, 9.17) is 19.3 Å². The average Bonchev–Trinajstić information content (AvgIpc) is 2.53. The van der Waals surface area contributed by atoms with Gasteiger partial charge in [0.25, 0.3) is 20.2 Å². The first-order valence-electron chi connectivity index (χ1n) is 6.68. The molecule has 0 aromatic heterocycles. The quantitative estimate of drug-likeness (QED) is 0.228. The van der Waals surface area contributed by atoms with Crippen LogP contribution in [-0.4, -0.2) is 48.1 Å². The zero-order valence-electron chi connectivity index (χ0n) is 15.3. The molecule has 0 amide bonds. The molecule has 2 rings (SSSR count). The van der Waals surface area contributed by atoms with Gasteiger partial charge < -0.3 is 30.0 Å². The van der Waals surface area contributed by atoms with Crippen molar-refractivity contribution in [2.75, 3.05) is 0 Å². The molecule has 0 saturated carbocycles. The Hall–Kier alpha value is -0.564. The molecule has 30 heavy (non-hydrogen) atoms. The van der Waals surface area contributed by atoms with Gasteiger partial charge in [-0.25, -0.2) is 0 Å². The Morgan fingerprint density at radius 3 is 1.17 bits per heavy atom. The van der Waals surface area contributed by atoms with E-state index in [1.165, 1.54) is 0 Å². The number of carboxylic acids is 2. The molecule has 0 radical (unpaired) electrons. The van der Waals surface area contributed by atoms with Crippen molar-refractivity contribution in [1.82, 2.24) is 0 Å². The predicted molar refractivity (Wildman–Crippen MR) is 84.5 cm³/mol. The van der Waals surface area contributed by atoms with Crippen LogP contribution in [0.2, 0.25) is 0 Å². The fourth-order valence-corrected chi connectivity index (χ4v) is 2.69. The molecule has 4 N–H and O–H groups in total. The summed E-state index contributed by atoms with van der Waals surface area (Å²) in [6.45, 7) is 0. The SMILES string of the molecule is O=C([O-])c1cc(S(=O)(=O)O)ccc1O.O=C([O-])c1cc(S(=O)(=O)O)ccc1O.[K+].[Na+]. The smallest absolute Gasteiger partial charge is 0.545 e. The molecule has 0 unspecified atom stereocenters. The minimum absolute atomic E-state index is 0. The third-order valence-electron chi connectivity index (χ3n) is 2.97. The Morgan fingerprint density at radius 1 is 0.700 bits per heavy atom. The van der Waals surface area contributed by atoms with Gasteiger partial charge in [0.05, 0.1) is 21.7 Å². The van der Waals surface area contributed by atoms with Gasteiger partial charge in [-0.1, -0.05) is 0 Å². The molecule has 0 fully saturated rings. The van der Waals surface area contributed by atoms with Crippen LogP contribution in [-0.2, 0) is 20.2 Å². The Labute approximate surface area is 234 Å². The molecule has 16 heteroatoms. The van der Waals surface area contributed by atoms with E-state index in [1.54, 1.807) is 0 Å². The second kappa shape index (κ2) is 12.5. The summed E-state index contributed by atoms with van der Waals surface area (Å²) in [5.74, 6) is -4.71. The number of carboxylic acid groups (broad SMARTS) is 2. The molecule has 0 heterocycles. The average molecular weight is 496 g/mol. The molecule has 0 aliphatic rings. The number of carbonyl (C=O) groups excluding carboxylic acids is 2. The van der Waals surface area contributed by atoms with Crippen LogP contribution in [0, 0.1) is 0 Å². The second-order valence-electron chi connectivity index (χ2n) is 4.88. The van der Waals surface area contributed by atoms with Gasteiger partial charge in [0.15, 0.2) is 0 Å². The van der Waals surface area contributed by atoms with Crippen LogP contribution in [0.4, 0.5) is 0 Å². The Kier molecular flexibility index (Phi) is 13.1. The third kappa shape index (κ3) is 9.29. The van der Waals surface area contributed by atoms with Crippen LogP contribution in [0.5, 0.6) is 11.5 Å². The van der Waals surface area contributed by atoms with Gasteiger partial charge >= 0.3 is 80.9 Å². The van der Waals surface area contributed by atoms with Crippen LogP contribution in [0.25, 0.3) is 0 Å². The van der Waals surface area contributed by atoms with E-state index >= 15 is 0 Å². The van der Waals surface area contributed by atoms with Gasteiger partial charge in [-0.15, -0.1) is 0 Å². The summed E-state index contributed by atoms with van der Waals surface area (Å²) >= 11 is 0. The molecule has 0 bridgehead atoms. The molecule has 12 nitrogen and oxygen atoms in total. The molecule has 152 valence electrons. The Balaban J connectivity index is 0.